The Morgan fingerprint density at radius 3 is 2.54 bits per heavy atom. The van der Waals surface area contributed by atoms with E-state index in [1.165, 1.54) is 17.8 Å². The molecule has 0 bridgehead atoms. The fraction of sp³-hybridized carbons (Fsp3) is 0.222. The lowest BCUT2D eigenvalue weighted by Gasteiger charge is -2.15. The number of ether oxygens (including phenoxy) is 1. The number of nitrogens with one attached hydrogen (secondary N) is 1. The highest BCUT2D eigenvalue weighted by molar-refractivity contribution is 7.98. The topological polar surface area (TPSA) is 73.2 Å². The van der Waals surface area contributed by atoms with Gasteiger partial charge in [-0.15, -0.1) is 0 Å². The molecular weight excluding hydrogens is 465 g/mol. The number of carbonyl (C=O) groups excluding carboxylic acids is 1. The lowest BCUT2D eigenvalue weighted by Crippen LogP contribution is -2.27. The van der Waals surface area contributed by atoms with E-state index in [2.05, 4.69) is 5.32 Å². The average Bonchev–Trinajstić information content (AvgIpc) is 2.82. The molecule has 180 valence electrons. The van der Waals surface area contributed by atoms with Gasteiger partial charge in [-0.3, -0.25) is 14.2 Å². The van der Waals surface area contributed by atoms with Crippen LogP contribution in [0.4, 0.5) is 4.39 Å². The smallest absolute Gasteiger partial charge is 0.266 e. The first-order valence-corrected chi connectivity index (χ1v) is 12.1. The Balaban J connectivity index is 1.82. The van der Waals surface area contributed by atoms with Gasteiger partial charge >= 0.3 is 0 Å². The Bertz CT molecular complexity index is 1430. The molecule has 1 heterocycles. The van der Waals surface area contributed by atoms with E-state index in [1.54, 1.807) is 48.1 Å². The Morgan fingerprint density at radius 2 is 1.83 bits per heavy atom. The van der Waals surface area contributed by atoms with Crippen LogP contribution in [0.25, 0.3) is 16.6 Å². The summed E-state index contributed by atoms with van der Waals surface area (Å²) in [7, 11) is 1.56. The molecule has 0 unspecified atom stereocenters. The van der Waals surface area contributed by atoms with E-state index in [0.29, 0.717) is 51.8 Å². The quantitative estimate of drug-likeness (QED) is 0.218. The van der Waals surface area contributed by atoms with Crippen LogP contribution in [0.1, 0.15) is 27.0 Å². The van der Waals surface area contributed by atoms with E-state index in [1.807, 2.05) is 32.0 Å². The second kappa shape index (κ2) is 10.8. The average molecular weight is 492 g/mol. The van der Waals surface area contributed by atoms with E-state index in [-0.39, 0.29) is 17.3 Å². The summed E-state index contributed by atoms with van der Waals surface area (Å²) < 4.78 is 20.8. The molecule has 0 saturated heterocycles. The van der Waals surface area contributed by atoms with Crippen molar-refractivity contribution in [3.63, 3.8) is 0 Å². The van der Waals surface area contributed by atoms with Gasteiger partial charge in [-0.1, -0.05) is 36.0 Å². The third-order valence-electron chi connectivity index (χ3n) is 5.47. The Hall–Kier alpha value is -3.49. The van der Waals surface area contributed by atoms with Crippen molar-refractivity contribution in [2.24, 2.45) is 0 Å². The van der Waals surface area contributed by atoms with Gasteiger partial charge in [-0.25, -0.2) is 9.37 Å². The molecule has 0 radical (unpaired) electrons. The maximum Gasteiger partial charge on any atom is 0.266 e. The van der Waals surface area contributed by atoms with Crippen LogP contribution in [-0.2, 0) is 10.5 Å². The molecule has 1 aromatic heterocycles. The van der Waals surface area contributed by atoms with Crippen molar-refractivity contribution >= 4 is 28.6 Å². The van der Waals surface area contributed by atoms with Crippen LogP contribution in [0.3, 0.4) is 0 Å². The van der Waals surface area contributed by atoms with Crippen molar-refractivity contribution in [3.8, 4) is 5.69 Å². The van der Waals surface area contributed by atoms with Gasteiger partial charge in [0.05, 0.1) is 23.2 Å². The molecule has 0 spiro atoms. The van der Waals surface area contributed by atoms with Crippen LogP contribution in [0, 0.1) is 19.7 Å². The van der Waals surface area contributed by atoms with E-state index in [4.69, 9.17) is 9.72 Å². The summed E-state index contributed by atoms with van der Waals surface area (Å²) in [5.74, 6) is -0.284. The summed E-state index contributed by atoms with van der Waals surface area (Å²) in [6.07, 6.45) is 0. The highest BCUT2D eigenvalue weighted by atomic mass is 32.2. The van der Waals surface area contributed by atoms with Gasteiger partial charge < -0.3 is 10.1 Å². The van der Waals surface area contributed by atoms with Crippen molar-refractivity contribution < 1.29 is 13.9 Å². The molecule has 35 heavy (non-hydrogen) atoms. The Labute approximate surface area is 207 Å². The van der Waals surface area contributed by atoms with E-state index in [0.717, 1.165) is 11.1 Å². The van der Waals surface area contributed by atoms with Gasteiger partial charge in [0.15, 0.2) is 5.16 Å². The van der Waals surface area contributed by atoms with Gasteiger partial charge in [0.1, 0.15) is 5.82 Å². The van der Waals surface area contributed by atoms with E-state index < -0.39 is 0 Å². The maximum absolute atomic E-state index is 14.3. The van der Waals surface area contributed by atoms with Gasteiger partial charge in [0.2, 0.25) is 0 Å². The number of hydrogen-bond acceptors (Lipinski definition) is 5. The van der Waals surface area contributed by atoms with Crippen molar-refractivity contribution in [1.82, 2.24) is 14.9 Å². The summed E-state index contributed by atoms with van der Waals surface area (Å²) in [6.45, 7) is 4.71. The van der Waals surface area contributed by atoms with E-state index >= 15 is 0 Å². The molecule has 4 aromatic rings. The number of rotatable bonds is 8. The fourth-order valence-corrected chi connectivity index (χ4v) is 4.84. The third-order valence-corrected chi connectivity index (χ3v) is 6.46. The van der Waals surface area contributed by atoms with Crippen LogP contribution in [0.5, 0.6) is 0 Å². The summed E-state index contributed by atoms with van der Waals surface area (Å²) in [4.78, 5) is 30.9. The summed E-state index contributed by atoms with van der Waals surface area (Å²) in [5, 5.41) is 3.59. The van der Waals surface area contributed by atoms with Gasteiger partial charge in [-0.05, 0) is 66.9 Å². The number of aryl methyl sites for hydroxylation is 2. The minimum atomic E-state index is -0.309. The fourth-order valence-electron chi connectivity index (χ4n) is 3.84. The molecule has 6 nitrogen and oxygen atoms in total. The number of fused-ring (bicyclic) bond motifs is 1. The molecule has 0 aliphatic rings. The van der Waals surface area contributed by atoms with Crippen LogP contribution in [-0.4, -0.2) is 35.7 Å². The van der Waals surface area contributed by atoms with Crippen molar-refractivity contribution in [3.05, 3.63) is 99.1 Å². The van der Waals surface area contributed by atoms with E-state index in [9.17, 15) is 14.0 Å². The molecule has 4 rings (SSSR count). The summed E-state index contributed by atoms with van der Waals surface area (Å²) in [6, 6.07) is 17.3. The zero-order valence-corrected chi connectivity index (χ0v) is 20.6. The number of thioether (sulfide) groups is 1. The number of aromatic nitrogens is 2. The number of benzene rings is 3. The monoisotopic (exact) mass is 491 g/mol. The maximum atomic E-state index is 14.3. The molecule has 1 amide bonds. The molecule has 0 fully saturated rings. The number of hydrogen-bond donors (Lipinski definition) is 1. The molecule has 0 aliphatic carbocycles. The SMILES string of the molecule is COCCNC(=O)c1ccc2c(=O)n(-c3cc(C)cc(C)c3)c(SCc3ccccc3F)nc2c1. The molecule has 3 aromatic carbocycles. The predicted octanol–water partition coefficient (Wildman–Crippen LogP) is 4.81. The molecule has 0 aliphatic heterocycles. The normalized spacial score (nSPS) is 11.1. The van der Waals surface area contributed by atoms with Crippen LogP contribution < -0.4 is 10.9 Å². The number of nitrogens with zero attached hydrogens (tertiary/aromatic N) is 2. The predicted molar refractivity (Wildman–Crippen MR) is 137 cm³/mol. The summed E-state index contributed by atoms with van der Waals surface area (Å²) >= 11 is 1.28. The molecule has 1 N–H and O–H groups in total. The molecular formula is C27H26FN3O3S. The molecule has 8 heteroatoms. The second-order valence-electron chi connectivity index (χ2n) is 8.24. The first kappa shape index (κ1) is 24.6. The van der Waals surface area contributed by atoms with Crippen molar-refractivity contribution in [1.29, 1.82) is 0 Å². The lowest BCUT2D eigenvalue weighted by atomic mass is 10.1. The zero-order valence-electron chi connectivity index (χ0n) is 19.8. The third kappa shape index (κ3) is 5.61. The van der Waals surface area contributed by atoms with Crippen LogP contribution in [0.15, 0.2) is 70.6 Å². The standard InChI is InChI=1S/C27H26FN3O3S/c1-17-12-18(2)14-21(13-17)31-26(33)22-9-8-19(25(32)29-10-11-34-3)15-24(22)30-27(31)35-16-20-6-4-5-7-23(20)28/h4-9,12-15H,10-11,16H2,1-3H3,(H,29,32). The first-order valence-electron chi connectivity index (χ1n) is 11.2. The second-order valence-corrected chi connectivity index (χ2v) is 9.18. The minimum absolute atomic E-state index is 0.248. The Kier molecular flexibility index (Phi) is 7.63. The highest BCUT2D eigenvalue weighted by Crippen LogP contribution is 2.27. The summed E-state index contributed by atoms with van der Waals surface area (Å²) in [5.41, 5.74) is 3.80. The number of amides is 1. The molecule has 0 saturated carbocycles. The van der Waals surface area contributed by atoms with Crippen LogP contribution in [0.2, 0.25) is 0 Å². The van der Waals surface area contributed by atoms with Gasteiger partial charge in [0.25, 0.3) is 11.5 Å². The highest BCUT2D eigenvalue weighted by Gasteiger charge is 2.17. The largest absolute Gasteiger partial charge is 0.383 e. The Morgan fingerprint density at radius 1 is 1.09 bits per heavy atom. The van der Waals surface area contributed by atoms with Crippen LogP contribution >= 0.6 is 11.8 Å². The lowest BCUT2D eigenvalue weighted by molar-refractivity contribution is 0.0937. The van der Waals surface area contributed by atoms with Gasteiger partial charge in [-0.2, -0.15) is 0 Å². The number of halogens is 1. The number of carbonyl (C=O) groups is 1. The van der Waals surface area contributed by atoms with Crippen molar-refractivity contribution in [2.45, 2.75) is 24.8 Å². The zero-order chi connectivity index (χ0) is 24.9. The van der Waals surface area contributed by atoms with Crippen molar-refractivity contribution in [2.75, 3.05) is 20.3 Å². The first-order chi connectivity index (χ1) is 16.9. The molecule has 0 atom stereocenters. The number of methoxy groups -OCH3 is 1. The minimum Gasteiger partial charge on any atom is -0.383 e. The van der Waals surface area contributed by atoms with Gasteiger partial charge in [0, 0.05) is 25.0 Å².